The summed E-state index contributed by atoms with van der Waals surface area (Å²) in [6.07, 6.45) is 7.55. The minimum absolute atomic E-state index is 0.101. The van der Waals surface area contributed by atoms with Gasteiger partial charge in [-0.3, -0.25) is 4.79 Å². The minimum Gasteiger partial charge on any atom is -0.342 e. The fraction of sp³-hybridized carbons (Fsp3) is 0.600. The smallest absolute Gasteiger partial charge is 0.225 e. The summed E-state index contributed by atoms with van der Waals surface area (Å²) in [6.45, 7) is 10.1. The Kier molecular flexibility index (Phi) is 4.95. The molecule has 0 saturated carbocycles. The van der Waals surface area contributed by atoms with E-state index in [1.165, 1.54) is 0 Å². The third kappa shape index (κ3) is 3.70. The van der Waals surface area contributed by atoms with Crippen LogP contribution in [0.1, 0.15) is 32.3 Å². The van der Waals surface area contributed by atoms with E-state index in [0.29, 0.717) is 6.04 Å². The average Bonchev–Trinajstić information content (AvgIpc) is 2.93. The van der Waals surface area contributed by atoms with Crippen LogP contribution >= 0.6 is 0 Å². The van der Waals surface area contributed by atoms with Crippen molar-refractivity contribution in [2.24, 2.45) is 5.92 Å². The number of carbonyl (C=O) groups is 1. The van der Waals surface area contributed by atoms with Crippen LogP contribution in [0.4, 0.5) is 0 Å². The molecule has 5 heteroatoms. The van der Waals surface area contributed by atoms with Crippen molar-refractivity contribution in [3.05, 3.63) is 24.5 Å². The number of rotatable bonds is 5. The average molecular weight is 276 g/mol. The van der Waals surface area contributed by atoms with Gasteiger partial charge in [-0.05, 0) is 12.8 Å². The Labute approximate surface area is 120 Å². The van der Waals surface area contributed by atoms with Crippen LogP contribution in [0.5, 0.6) is 0 Å². The van der Waals surface area contributed by atoms with E-state index in [0.717, 1.165) is 38.0 Å². The van der Waals surface area contributed by atoms with Crippen LogP contribution in [-0.4, -0.2) is 39.7 Å². The molecule has 1 aromatic heterocycles. The Hall–Kier alpha value is -1.62. The molecule has 1 aromatic rings. The molecule has 1 fully saturated rings. The summed E-state index contributed by atoms with van der Waals surface area (Å²) in [5, 5.41) is 7.70. The number of aromatic nitrogens is 2. The molecule has 20 heavy (non-hydrogen) atoms. The minimum atomic E-state index is 0.101. The van der Waals surface area contributed by atoms with Crippen LogP contribution in [0.3, 0.4) is 0 Å². The zero-order valence-electron chi connectivity index (χ0n) is 12.4. The summed E-state index contributed by atoms with van der Waals surface area (Å²) in [4.78, 5) is 13.9. The fourth-order valence-electron chi connectivity index (χ4n) is 2.50. The second kappa shape index (κ2) is 6.70. The molecule has 5 nitrogen and oxygen atoms in total. The zero-order valence-corrected chi connectivity index (χ0v) is 12.4. The third-order valence-electron chi connectivity index (χ3n) is 3.74. The van der Waals surface area contributed by atoms with Crippen molar-refractivity contribution in [3.63, 3.8) is 0 Å². The number of piperidine rings is 1. The molecule has 1 aliphatic rings. The lowest BCUT2D eigenvalue weighted by atomic mass is 10.0. The van der Waals surface area contributed by atoms with Crippen LogP contribution in [0, 0.1) is 5.92 Å². The Morgan fingerprint density at radius 1 is 1.55 bits per heavy atom. The number of hydrogen-bond donors (Lipinski definition) is 1. The second-order valence-corrected chi connectivity index (χ2v) is 5.65. The summed E-state index contributed by atoms with van der Waals surface area (Å²) in [7, 11) is 0. The van der Waals surface area contributed by atoms with Gasteiger partial charge in [0, 0.05) is 49.6 Å². The van der Waals surface area contributed by atoms with E-state index in [1.807, 2.05) is 31.1 Å². The van der Waals surface area contributed by atoms with Gasteiger partial charge >= 0.3 is 0 Å². The summed E-state index contributed by atoms with van der Waals surface area (Å²) in [6, 6.07) is 0.485. The molecule has 0 aliphatic carbocycles. The Morgan fingerprint density at radius 2 is 2.25 bits per heavy atom. The Bertz CT molecular complexity index is 458. The standard InChI is InChI=1S/C15H24N4O/c1-4-19-11-13(10-17-19)9-16-14-5-7-18(8-6-14)15(20)12(2)3/h4,10-12,14,16H,1,5-9H2,2-3H3. The van der Waals surface area contributed by atoms with Crippen LogP contribution in [-0.2, 0) is 11.3 Å². The summed E-state index contributed by atoms with van der Waals surface area (Å²) in [5.41, 5.74) is 1.16. The molecule has 0 bridgehead atoms. The van der Waals surface area contributed by atoms with E-state index in [9.17, 15) is 4.79 Å². The molecule has 0 radical (unpaired) electrons. The molecular weight excluding hydrogens is 252 g/mol. The lowest BCUT2D eigenvalue weighted by molar-refractivity contribution is -0.135. The topological polar surface area (TPSA) is 50.2 Å². The zero-order chi connectivity index (χ0) is 14.5. The van der Waals surface area contributed by atoms with E-state index in [-0.39, 0.29) is 11.8 Å². The van der Waals surface area contributed by atoms with Gasteiger partial charge in [-0.15, -0.1) is 0 Å². The van der Waals surface area contributed by atoms with Crippen molar-refractivity contribution >= 4 is 12.1 Å². The molecule has 0 spiro atoms. The molecule has 2 rings (SSSR count). The SMILES string of the molecule is C=Cn1cc(CNC2CCN(C(=O)C(C)C)CC2)cn1. The van der Waals surface area contributed by atoms with Gasteiger partial charge in [-0.1, -0.05) is 20.4 Å². The summed E-state index contributed by atoms with van der Waals surface area (Å²) in [5.74, 6) is 0.375. The van der Waals surface area contributed by atoms with Crippen LogP contribution in [0.15, 0.2) is 19.0 Å². The molecule has 110 valence electrons. The molecule has 0 unspecified atom stereocenters. The highest BCUT2D eigenvalue weighted by Crippen LogP contribution is 2.13. The normalized spacial score (nSPS) is 16.6. The number of amides is 1. The van der Waals surface area contributed by atoms with Gasteiger partial charge in [-0.25, -0.2) is 4.68 Å². The van der Waals surface area contributed by atoms with Crippen molar-refractivity contribution in [3.8, 4) is 0 Å². The second-order valence-electron chi connectivity index (χ2n) is 5.65. The summed E-state index contributed by atoms with van der Waals surface area (Å²) >= 11 is 0. The third-order valence-corrected chi connectivity index (χ3v) is 3.74. The predicted octanol–water partition coefficient (Wildman–Crippen LogP) is 1.72. The number of likely N-dealkylation sites (tertiary alicyclic amines) is 1. The van der Waals surface area contributed by atoms with Crippen molar-refractivity contribution in [2.75, 3.05) is 13.1 Å². The number of carbonyl (C=O) groups excluding carboxylic acids is 1. The monoisotopic (exact) mass is 276 g/mol. The van der Waals surface area contributed by atoms with Crippen molar-refractivity contribution in [1.82, 2.24) is 20.0 Å². The molecular formula is C15H24N4O. The van der Waals surface area contributed by atoms with Crippen molar-refractivity contribution < 1.29 is 4.79 Å². The van der Waals surface area contributed by atoms with Crippen LogP contribution in [0.2, 0.25) is 0 Å². The van der Waals surface area contributed by atoms with E-state index >= 15 is 0 Å². The number of nitrogens with one attached hydrogen (secondary N) is 1. The van der Waals surface area contributed by atoms with Crippen LogP contribution in [0.25, 0.3) is 6.20 Å². The maximum atomic E-state index is 11.9. The van der Waals surface area contributed by atoms with Gasteiger partial charge in [-0.2, -0.15) is 5.10 Å². The predicted molar refractivity (Wildman–Crippen MR) is 79.9 cm³/mol. The van der Waals surface area contributed by atoms with Crippen LogP contribution < -0.4 is 5.32 Å². The van der Waals surface area contributed by atoms with E-state index in [1.54, 1.807) is 10.9 Å². The van der Waals surface area contributed by atoms with Gasteiger partial charge in [0.2, 0.25) is 5.91 Å². The highest BCUT2D eigenvalue weighted by atomic mass is 16.2. The number of hydrogen-bond acceptors (Lipinski definition) is 3. The highest BCUT2D eigenvalue weighted by Gasteiger charge is 2.23. The lowest BCUT2D eigenvalue weighted by Crippen LogP contribution is -2.45. The maximum Gasteiger partial charge on any atom is 0.225 e. The lowest BCUT2D eigenvalue weighted by Gasteiger charge is -2.33. The maximum absolute atomic E-state index is 11.9. The first kappa shape index (κ1) is 14.8. The van der Waals surface area contributed by atoms with E-state index in [4.69, 9.17) is 0 Å². The highest BCUT2D eigenvalue weighted by molar-refractivity contribution is 5.78. The Morgan fingerprint density at radius 3 is 2.80 bits per heavy atom. The fourth-order valence-corrected chi connectivity index (χ4v) is 2.50. The molecule has 1 N–H and O–H groups in total. The van der Waals surface area contributed by atoms with Gasteiger partial charge in [0.25, 0.3) is 0 Å². The van der Waals surface area contributed by atoms with E-state index < -0.39 is 0 Å². The largest absolute Gasteiger partial charge is 0.342 e. The van der Waals surface area contributed by atoms with Gasteiger partial charge in [0.1, 0.15) is 0 Å². The van der Waals surface area contributed by atoms with Crippen molar-refractivity contribution in [2.45, 2.75) is 39.3 Å². The van der Waals surface area contributed by atoms with Gasteiger partial charge in [0.05, 0.1) is 6.20 Å². The first-order valence-corrected chi connectivity index (χ1v) is 7.28. The summed E-state index contributed by atoms with van der Waals surface area (Å²) < 4.78 is 1.71. The van der Waals surface area contributed by atoms with E-state index in [2.05, 4.69) is 17.0 Å². The Balaban J connectivity index is 1.74. The first-order valence-electron chi connectivity index (χ1n) is 7.28. The quantitative estimate of drug-likeness (QED) is 0.891. The molecule has 1 aliphatic heterocycles. The first-order chi connectivity index (χ1) is 9.60. The van der Waals surface area contributed by atoms with Gasteiger partial charge in [0.15, 0.2) is 0 Å². The molecule has 2 heterocycles. The molecule has 1 saturated heterocycles. The molecule has 0 atom stereocenters. The molecule has 1 amide bonds. The molecule has 0 aromatic carbocycles. The number of nitrogens with zero attached hydrogens (tertiary/aromatic N) is 3. The van der Waals surface area contributed by atoms with Crippen molar-refractivity contribution in [1.29, 1.82) is 0 Å². The van der Waals surface area contributed by atoms with Gasteiger partial charge < -0.3 is 10.2 Å².